The normalized spacial score (nSPS) is 17.8. The Bertz CT molecular complexity index is 1500. The number of aliphatic hydroxyl groups is 1. The van der Waals surface area contributed by atoms with Crippen LogP contribution in [0, 0.1) is 0 Å². The molecule has 7 nitrogen and oxygen atoms in total. The number of hydrogen-bond donors (Lipinski definition) is 3. The quantitative estimate of drug-likeness (QED) is 0.123. The summed E-state index contributed by atoms with van der Waals surface area (Å²) in [5, 5.41) is 9.03. The highest BCUT2D eigenvalue weighted by molar-refractivity contribution is 9.10. The Morgan fingerprint density at radius 2 is 1.63 bits per heavy atom. The zero-order valence-electron chi connectivity index (χ0n) is 22.1. The van der Waals surface area contributed by atoms with Crippen LogP contribution < -0.4 is 15.6 Å². The molecule has 0 bridgehead atoms. The summed E-state index contributed by atoms with van der Waals surface area (Å²) in [6.45, 7) is 0.489. The molecule has 0 aliphatic carbocycles. The summed E-state index contributed by atoms with van der Waals surface area (Å²) in [6, 6.07) is 32.4. The van der Waals surface area contributed by atoms with Gasteiger partial charge in [0.05, 0.1) is 12.3 Å². The lowest BCUT2D eigenvalue weighted by Gasteiger charge is -2.31. The van der Waals surface area contributed by atoms with E-state index in [1.807, 2.05) is 103 Å². The van der Waals surface area contributed by atoms with Crippen molar-refractivity contribution in [3.8, 4) is 5.75 Å². The van der Waals surface area contributed by atoms with Gasteiger partial charge < -0.3 is 14.6 Å². The van der Waals surface area contributed by atoms with Crippen LogP contribution in [-0.4, -0.2) is 35.7 Å². The number of para-hydroxylation sites is 1. The first-order valence-corrected chi connectivity index (χ1v) is 14.8. The molecule has 1 aliphatic heterocycles. The number of anilines is 1. The lowest BCUT2D eigenvalue weighted by atomic mass is 9.82. The highest BCUT2D eigenvalue weighted by Gasteiger charge is 2.54. The second kappa shape index (κ2) is 13.3. The topological polar surface area (TPSA) is 92.2 Å². The molecule has 1 heterocycles. The molecule has 0 radical (unpaired) electrons. The first-order valence-electron chi connectivity index (χ1n) is 13.2. The number of benzene rings is 4. The molecule has 0 unspecified atom stereocenters. The number of rotatable bonds is 11. The Morgan fingerprint density at radius 3 is 2.34 bits per heavy atom. The van der Waals surface area contributed by atoms with Crippen LogP contribution in [0.2, 0.25) is 0 Å². The van der Waals surface area contributed by atoms with Crippen molar-refractivity contribution < 1.29 is 19.4 Å². The number of nitrogens with one attached hydrogen (secondary N) is 2. The van der Waals surface area contributed by atoms with Gasteiger partial charge in [-0.2, -0.15) is 0 Å². The van der Waals surface area contributed by atoms with Gasteiger partial charge in [0.15, 0.2) is 11.6 Å². The van der Waals surface area contributed by atoms with E-state index in [9.17, 15) is 4.79 Å². The van der Waals surface area contributed by atoms with Crippen LogP contribution in [0.5, 0.6) is 5.75 Å². The van der Waals surface area contributed by atoms with Crippen LogP contribution >= 0.6 is 31.9 Å². The molecule has 0 fully saturated rings. The molecule has 0 saturated carbocycles. The van der Waals surface area contributed by atoms with E-state index in [1.54, 1.807) is 0 Å². The molecule has 9 heteroatoms. The second-order valence-corrected chi connectivity index (χ2v) is 11.3. The van der Waals surface area contributed by atoms with Crippen LogP contribution in [0.25, 0.3) is 0 Å². The second-order valence-electron chi connectivity index (χ2n) is 9.56. The molecule has 1 amide bonds. The molecule has 41 heavy (non-hydrogen) atoms. The van der Waals surface area contributed by atoms with Crippen LogP contribution in [0.1, 0.15) is 29.2 Å². The Balaban J connectivity index is 1.56. The van der Waals surface area contributed by atoms with E-state index in [0.29, 0.717) is 31.1 Å². The third-order valence-corrected chi connectivity index (χ3v) is 7.95. The number of halogens is 2. The number of aliphatic hydroxyl groups excluding tert-OH is 1. The minimum absolute atomic E-state index is 0.0702. The van der Waals surface area contributed by atoms with Gasteiger partial charge in [0.2, 0.25) is 5.90 Å². The van der Waals surface area contributed by atoms with E-state index >= 15 is 0 Å². The molecular weight excluding hydrogens is 650 g/mol. The van der Waals surface area contributed by atoms with Crippen LogP contribution in [0.3, 0.4) is 0 Å². The van der Waals surface area contributed by atoms with E-state index in [4.69, 9.17) is 19.6 Å². The smallest absolute Gasteiger partial charge is 0.270 e. The van der Waals surface area contributed by atoms with E-state index in [0.717, 1.165) is 31.3 Å². The predicted octanol–water partition coefficient (Wildman–Crippen LogP) is 6.62. The number of carbonyl (C=O) groups excluding carboxylic acids is 1. The van der Waals surface area contributed by atoms with Gasteiger partial charge in [0.25, 0.3) is 5.91 Å². The summed E-state index contributed by atoms with van der Waals surface area (Å²) in [6.07, 6.45) is 0.117. The fraction of sp³-hybridized carbons (Fsp3) is 0.188. The van der Waals surface area contributed by atoms with Crippen LogP contribution in [-0.2, 0) is 16.0 Å². The van der Waals surface area contributed by atoms with Crippen molar-refractivity contribution in [3.63, 3.8) is 0 Å². The maximum Gasteiger partial charge on any atom is 0.270 e. The summed E-state index contributed by atoms with van der Waals surface area (Å²) in [5.41, 5.74) is 7.80. The van der Waals surface area contributed by atoms with Crippen LogP contribution in [0.15, 0.2) is 117 Å². The molecule has 0 aromatic heterocycles. The standard InChI is InChI=1S/C32H29Br2N3O4/c33-24-15-11-22(12-16-24)21-32(31(39)37-36-25-7-2-1-3-8-25)29(27-9-4-5-10-28(27)34)41-30(35-32)23-13-17-26(18-14-23)40-20-6-19-38/h1-5,7-18,29,36,38H,6,19-21H2,(H,37,39)/t29-,32-/m0/s1. The molecule has 4 aromatic rings. The Morgan fingerprint density at radius 1 is 0.927 bits per heavy atom. The molecule has 210 valence electrons. The lowest BCUT2D eigenvalue weighted by Crippen LogP contribution is -2.51. The van der Waals surface area contributed by atoms with Gasteiger partial charge in [-0.25, -0.2) is 4.99 Å². The zero-order chi connectivity index (χ0) is 28.7. The first kappa shape index (κ1) is 28.9. The number of hydrazine groups is 1. The number of nitrogens with zero attached hydrogens (tertiary/aromatic N) is 1. The van der Waals surface area contributed by atoms with E-state index in [2.05, 4.69) is 42.7 Å². The van der Waals surface area contributed by atoms with Crippen molar-refractivity contribution >= 4 is 49.4 Å². The Kier molecular flexibility index (Phi) is 9.38. The number of carbonyl (C=O) groups is 1. The summed E-state index contributed by atoms with van der Waals surface area (Å²) in [7, 11) is 0. The minimum Gasteiger partial charge on any atom is -0.494 e. The van der Waals surface area contributed by atoms with Gasteiger partial charge in [-0.05, 0) is 60.2 Å². The van der Waals surface area contributed by atoms with Gasteiger partial charge in [0.1, 0.15) is 5.75 Å². The van der Waals surface area contributed by atoms with Gasteiger partial charge >= 0.3 is 0 Å². The number of hydrogen-bond acceptors (Lipinski definition) is 6. The van der Waals surface area contributed by atoms with E-state index < -0.39 is 11.6 Å². The summed E-state index contributed by atoms with van der Waals surface area (Å²) in [4.78, 5) is 19.3. The Labute approximate surface area is 255 Å². The molecule has 5 rings (SSSR count). The van der Waals surface area contributed by atoms with Crippen LogP contribution in [0.4, 0.5) is 5.69 Å². The molecule has 0 spiro atoms. The number of aliphatic imine (C=N–C) groups is 1. The molecular formula is C32H29Br2N3O4. The van der Waals surface area contributed by atoms with Crippen molar-refractivity contribution in [1.82, 2.24) is 5.43 Å². The lowest BCUT2D eigenvalue weighted by molar-refractivity contribution is -0.128. The summed E-state index contributed by atoms with van der Waals surface area (Å²) in [5.74, 6) is 0.706. The SMILES string of the molecule is O=C(NNc1ccccc1)[C@@]1(Cc2ccc(Br)cc2)N=C(c2ccc(OCCCO)cc2)O[C@H]1c1ccccc1Br. The number of ether oxygens (including phenoxy) is 2. The number of amides is 1. The van der Waals surface area contributed by atoms with Crippen molar-refractivity contribution in [2.75, 3.05) is 18.6 Å². The van der Waals surface area contributed by atoms with Gasteiger partial charge in [-0.3, -0.25) is 15.6 Å². The van der Waals surface area contributed by atoms with E-state index in [-0.39, 0.29) is 12.5 Å². The Hall–Kier alpha value is -3.66. The average Bonchev–Trinajstić information content (AvgIpc) is 3.38. The first-order chi connectivity index (χ1) is 20.0. The maximum absolute atomic E-state index is 14.3. The molecule has 0 saturated heterocycles. The van der Waals surface area contributed by atoms with Crippen molar-refractivity contribution in [2.24, 2.45) is 4.99 Å². The van der Waals surface area contributed by atoms with Gasteiger partial charge in [0, 0.05) is 39.5 Å². The van der Waals surface area contributed by atoms with E-state index in [1.165, 1.54) is 0 Å². The molecule has 3 N–H and O–H groups in total. The molecule has 2 atom stereocenters. The highest BCUT2D eigenvalue weighted by atomic mass is 79.9. The third-order valence-electron chi connectivity index (χ3n) is 6.70. The monoisotopic (exact) mass is 677 g/mol. The van der Waals surface area contributed by atoms with Crippen molar-refractivity contribution in [1.29, 1.82) is 0 Å². The fourth-order valence-corrected chi connectivity index (χ4v) is 5.38. The molecule has 1 aliphatic rings. The van der Waals surface area contributed by atoms with Crippen molar-refractivity contribution in [3.05, 3.63) is 129 Å². The third kappa shape index (κ3) is 6.81. The highest BCUT2D eigenvalue weighted by Crippen LogP contribution is 2.44. The van der Waals surface area contributed by atoms with Crippen molar-refractivity contribution in [2.45, 2.75) is 24.5 Å². The van der Waals surface area contributed by atoms with Gasteiger partial charge in [-0.15, -0.1) is 0 Å². The largest absolute Gasteiger partial charge is 0.494 e. The average molecular weight is 679 g/mol. The van der Waals surface area contributed by atoms with Gasteiger partial charge in [-0.1, -0.05) is 80.4 Å². The zero-order valence-corrected chi connectivity index (χ0v) is 25.3. The minimum atomic E-state index is -1.34. The maximum atomic E-state index is 14.3. The summed E-state index contributed by atoms with van der Waals surface area (Å²) < 4.78 is 14.0. The molecule has 4 aromatic carbocycles. The predicted molar refractivity (Wildman–Crippen MR) is 167 cm³/mol. The summed E-state index contributed by atoms with van der Waals surface area (Å²) >= 11 is 7.18. The fourth-order valence-electron chi connectivity index (χ4n) is 4.62.